The summed E-state index contributed by atoms with van der Waals surface area (Å²) in [5.74, 6) is 0.0619. The average Bonchev–Trinajstić information content (AvgIpc) is 2.87. The van der Waals surface area contributed by atoms with E-state index in [1.54, 1.807) is 6.07 Å². The first-order valence-corrected chi connectivity index (χ1v) is 7.67. The Balaban J connectivity index is 1.57. The average molecular weight is 305 g/mol. The Morgan fingerprint density at radius 2 is 2.14 bits per heavy atom. The molecular formula is C16H20FN3O2. The minimum absolute atomic E-state index is 0.127. The quantitative estimate of drug-likeness (QED) is 0.811. The van der Waals surface area contributed by atoms with Crippen LogP contribution in [0.15, 0.2) is 18.2 Å². The SMILES string of the molecule is O=C(CC1(O)CCCCC1)NCc1nc2ccc(F)cc2[nH]1. The summed E-state index contributed by atoms with van der Waals surface area (Å²) in [6, 6.07) is 4.32. The second-order valence-corrected chi connectivity index (χ2v) is 6.08. The summed E-state index contributed by atoms with van der Waals surface area (Å²) < 4.78 is 13.1. The Morgan fingerprint density at radius 3 is 2.91 bits per heavy atom. The zero-order valence-electron chi connectivity index (χ0n) is 12.4. The molecule has 22 heavy (non-hydrogen) atoms. The van der Waals surface area contributed by atoms with Crippen LogP contribution in [0.4, 0.5) is 4.39 Å². The zero-order chi connectivity index (χ0) is 15.6. The summed E-state index contributed by atoms with van der Waals surface area (Å²) in [5.41, 5.74) is 0.408. The summed E-state index contributed by atoms with van der Waals surface area (Å²) in [6.07, 6.45) is 4.56. The van der Waals surface area contributed by atoms with Crippen molar-refractivity contribution in [3.05, 3.63) is 29.8 Å². The van der Waals surface area contributed by atoms with Crippen molar-refractivity contribution in [2.45, 2.75) is 50.7 Å². The molecule has 0 aliphatic heterocycles. The molecular weight excluding hydrogens is 285 g/mol. The number of imidazole rings is 1. The van der Waals surface area contributed by atoms with Gasteiger partial charge in [-0.3, -0.25) is 4.79 Å². The first kappa shape index (κ1) is 15.0. The van der Waals surface area contributed by atoms with E-state index in [0.717, 1.165) is 19.3 Å². The van der Waals surface area contributed by atoms with Crippen LogP contribution in [0, 0.1) is 5.82 Å². The van der Waals surface area contributed by atoms with E-state index >= 15 is 0 Å². The fourth-order valence-corrected chi connectivity index (χ4v) is 3.05. The van der Waals surface area contributed by atoms with E-state index in [9.17, 15) is 14.3 Å². The van der Waals surface area contributed by atoms with E-state index < -0.39 is 5.60 Å². The molecule has 1 amide bonds. The highest BCUT2D eigenvalue weighted by molar-refractivity contribution is 5.77. The summed E-state index contributed by atoms with van der Waals surface area (Å²) in [6.45, 7) is 0.241. The van der Waals surface area contributed by atoms with Crippen LogP contribution in [0.5, 0.6) is 0 Å². The summed E-state index contributed by atoms with van der Waals surface area (Å²) >= 11 is 0. The molecule has 0 bridgehead atoms. The summed E-state index contributed by atoms with van der Waals surface area (Å²) in [4.78, 5) is 19.3. The van der Waals surface area contributed by atoms with Crippen LogP contribution in [0.1, 0.15) is 44.3 Å². The molecule has 1 fully saturated rings. The van der Waals surface area contributed by atoms with Crippen LogP contribution in [0.2, 0.25) is 0 Å². The highest BCUT2D eigenvalue weighted by atomic mass is 19.1. The maximum Gasteiger partial charge on any atom is 0.223 e. The number of aromatic amines is 1. The van der Waals surface area contributed by atoms with Crippen LogP contribution in [-0.2, 0) is 11.3 Å². The number of fused-ring (bicyclic) bond motifs is 1. The highest BCUT2D eigenvalue weighted by Crippen LogP contribution is 2.30. The first-order valence-electron chi connectivity index (χ1n) is 7.67. The van der Waals surface area contributed by atoms with Gasteiger partial charge < -0.3 is 15.4 Å². The fraction of sp³-hybridized carbons (Fsp3) is 0.500. The van der Waals surface area contributed by atoms with Gasteiger partial charge in [0.2, 0.25) is 5.91 Å². The lowest BCUT2D eigenvalue weighted by atomic mass is 9.82. The predicted octanol–water partition coefficient (Wildman–Crippen LogP) is 2.40. The van der Waals surface area contributed by atoms with Crippen LogP contribution in [-0.4, -0.2) is 26.6 Å². The van der Waals surface area contributed by atoms with E-state index in [-0.39, 0.29) is 24.7 Å². The van der Waals surface area contributed by atoms with Gasteiger partial charge in [0.05, 0.1) is 29.6 Å². The molecule has 3 N–H and O–H groups in total. The Kier molecular flexibility index (Phi) is 4.11. The lowest BCUT2D eigenvalue weighted by Crippen LogP contribution is -2.38. The molecule has 0 saturated heterocycles. The number of hydrogen-bond donors (Lipinski definition) is 3. The molecule has 3 rings (SSSR count). The van der Waals surface area contributed by atoms with Crippen molar-refractivity contribution in [2.24, 2.45) is 0 Å². The number of aromatic nitrogens is 2. The van der Waals surface area contributed by atoms with Gasteiger partial charge in [0.1, 0.15) is 11.6 Å². The van der Waals surface area contributed by atoms with Gasteiger partial charge in [-0.15, -0.1) is 0 Å². The molecule has 0 radical (unpaired) electrons. The number of hydrogen-bond acceptors (Lipinski definition) is 3. The Labute approximate surface area is 127 Å². The number of carbonyl (C=O) groups excluding carboxylic acids is 1. The largest absolute Gasteiger partial charge is 0.389 e. The van der Waals surface area contributed by atoms with E-state index in [0.29, 0.717) is 29.7 Å². The third-order valence-electron chi connectivity index (χ3n) is 4.22. The number of carbonyl (C=O) groups is 1. The number of nitrogens with one attached hydrogen (secondary N) is 2. The number of rotatable bonds is 4. The molecule has 118 valence electrons. The van der Waals surface area contributed by atoms with Crippen molar-refractivity contribution in [1.82, 2.24) is 15.3 Å². The van der Waals surface area contributed by atoms with Gasteiger partial charge >= 0.3 is 0 Å². The van der Waals surface area contributed by atoms with Crippen molar-refractivity contribution in [1.29, 1.82) is 0 Å². The van der Waals surface area contributed by atoms with Crippen molar-refractivity contribution < 1.29 is 14.3 Å². The van der Waals surface area contributed by atoms with Gasteiger partial charge in [-0.05, 0) is 31.0 Å². The van der Waals surface area contributed by atoms with Crippen LogP contribution >= 0.6 is 0 Å². The van der Waals surface area contributed by atoms with Crippen LogP contribution in [0.3, 0.4) is 0 Å². The monoisotopic (exact) mass is 305 g/mol. The number of halogens is 1. The second-order valence-electron chi connectivity index (χ2n) is 6.08. The fourth-order valence-electron chi connectivity index (χ4n) is 3.05. The van der Waals surface area contributed by atoms with Gasteiger partial charge in [0.25, 0.3) is 0 Å². The van der Waals surface area contributed by atoms with Crippen molar-refractivity contribution >= 4 is 16.9 Å². The maximum atomic E-state index is 13.1. The zero-order valence-corrected chi connectivity index (χ0v) is 12.4. The van der Waals surface area contributed by atoms with E-state index in [2.05, 4.69) is 15.3 Å². The Morgan fingerprint density at radius 1 is 1.36 bits per heavy atom. The Bertz CT molecular complexity index is 677. The first-order chi connectivity index (χ1) is 10.5. The molecule has 0 spiro atoms. The van der Waals surface area contributed by atoms with E-state index in [4.69, 9.17) is 0 Å². The highest BCUT2D eigenvalue weighted by Gasteiger charge is 2.31. The molecule has 0 atom stereocenters. The molecule has 1 aromatic heterocycles. The molecule has 6 heteroatoms. The molecule has 1 aliphatic rings. The Hall–Kier alpha value is -1.95. The lowest BCUT2D eigenvalue weighted by molar-refractivity contribution is -0.127. The van der Waals surface area contributed by atoms with Gasteiger partial charge in [-0.2, -0.15) is 0 Å². The number of nitrogens with zero attached hydrogens (tertiary/aromatic N) is 1. The molecule has 1 heterocycles. The molecule has 5 nitrogen and oxygen atoms in total. The van der Waals surface area contributed by atoms with Crippen molar-refractivity contribution in [2.75, 3.05) is 0 Å². The smallest absolute Gasteiger partial charge is 0.223 e. The molecule has 1 aliphatic carbocycles. The molecule has 1 aromatic carbocycles. The van der Waals surface area contributed by atoms with Gasteiger partial charge in [0.15, 0.2) is 0 Å². The summed E-state index contributed by atoms with van der Waals surface area (Å²) in [7, 11) is 0. The number of H-pyrrole nitrogens is 1. The molecule has 1 saturated carbocycles. The third-order valence-corrected chi connectivity index (χ3v) is 4.22. The van der Waals surface area contributed by atoms with Crippen LogP contribution in [0.25, 0.3) is 11.0 Å². The standard InChI is InChI=1S/C16H20FN3O2/c17-11-4-5-12-13(8-11)20-14(19-12)10-18-15(21)9-16(22)6-2-1-3-7-16/h4-5,8,22H,1-3,6-7,9-10H2,(H,18,21)(H,19,20). The third kappa shape index (κ3) is 3.44. The van der Waals surface area contributed by atoms with Crippen LogP contribution < -0.4 is 5.32 Å². The minimum atomic E-state index is -0.862. The molecule has 0 unspecified atom stereocenters. The number of benzene rings is 1. The predicted molar refractivity (Wildman–Crippen MR) is 80.6 cm³/mol. The topological polar surface area (TPSA) is 78.0 Å². The lowest BCUT2D eigenvalue weighted by Gasteiger charge is -2.31. The normalized spacial score (nSPS) is 17.5. The van der Waals surface area contributed by atoms with E-state index in [1.807, 2.05) is 0 Å². The summed E-state index contributed by atoms with van der Waals surface area (Å²) in [5, 5.41) is 13.1. The van der Waals surface area contributed by atoms with E-state index in [1.165, 1.54) is 12.1 Å². The number of amides is 1. The maximum absolute atomic E-state index is 13.1. The van der Waals surface area contributed by atoms with Gasteiger partial charge in [-0.1, -0.05) is 19.3 Å². The van der Waals surface area contributed by atoms with Gasteiger partial charge in [0, 0.05) is 0 Å². The second kappa shape index (κ2) is 6.04. The van der Waals surface area contributed by atoms with Crippen molar-refractivity contribution in [3.63, 3.8) is 0 Å². The minimum Gasteiger partial charge on any atom is -0.389 e. The van der Waals surface area contributed by atoms with Crippen molar-refractivity contribution in [3.8, 4) is 0 Å². The van der Waals surface area contributed by atoms with Gasteiger partial charge in [-0.25, -0.2) is 9.37 Å². The molecule has 2 aromatic rings. The number of aliphatic hydroxyl groups is 1.